The number of anilines is 1. The van der Waals surface area contributed by atoms with Gasteiger partial charge >= 0.3 is 0 Å². The highest BCUT2D eigenvalue weighted by atomic mass is 16.3. The van der Waals surface area contributed by atoms with Crippen LogP contribution in [0.2, 0.25) is 0 Å². The van der Waals surface area contributed by atoms with Crippen molar-refractivity contribution in [2.75, 3.05) is 18.0 Å². The van der Waals surface area contributed by atoms with Gasteiger partial charge in [-0.3, -0.25) is 0 Å². The van der Waals surface area contributed by atoms with Gasteiger partial charge in [-0.15, -0.1) is 0 Å². The van der Waals surface area contributed by atoms with Crippen LogP contribution in [0, 0.1) is 5.92 Å². The average molecular weight is 312 g/mol. The van der Waals surface area contributed by atoms with Gasteiger partial charge in [0.2, 0.25) is 0 Å². The average Bonchev–Trinajstić information content (AvgIpc) is 3.22. The summed E-state index contributed by atoms with van der Waals surface area (Å²) in [6, 6.07) is 3.85. The van der Waals surface area contributed by atoms with E-state index >= 15 is 0 Å². The van der Waals surface area contributed by atoms with Crippen molar-refractivity contribution in [2.45, 2.75) is 18.9 Å². The van der Waals surface area contributed by atoms with Crippen LogP contribution < -0.4 is 4.90 Å². The molecule has 0 aliphatic carbocycles. The van der Waals surface area contributed by atoms with Gasteiger partial charge in [-0.1, -0.05) is 0 Å². The molecule has 1 fully saturated rings. The molecule has 0 saturated carbocycles. The van der Waals surface area contributed by atoms with Crippen molar-refractivity contribution in [2.24, 2.45) is 13.0 Å². The number of imidazole rings is 1. The molecular formula is C17H20N4O2. The van der Waals surface area contributed by atoms with Crippen LogP contribution >= 0.6 is 0 Å². The molecule has 1 aliphatic heterocycles. The predicted octanol–water partition coefficient (Wildman–Crippen LogP) is 2.51. The first-order valence-corrected chi connectivity index (χ1v) is 7.96. The molecule has 4 heterocycles. The summed E-state index contributed by atoms with van der Waals surface area (Å²) < 4.78 is 7.35. The Morgan fingerprint density at radius 1 is 1.22 bits per heavy atom. The summed E-state index contributed by atoms with van der Waals surface area (Å²) >= 11 is 0. The van der Waals surface area contributed by atoms with Gasteiger partial charge in [0.15, 0.2) is 0 Å². The molecule has 1 atom stereocenters. The van der Waals surface area contributed by atoms with Crippen LogP contribution in [0.25, 0.3) is 11.0 Å². The van der Waals surface area contributed by atoms with Gasteiger partial charge < -0.3 is 19.0 Å². The molecule has 6 nitrogen and oxygen atoms in total. The molecule has 0 bridgehead atoms. The molecule has 6 heteroatoms. The van der Waals surface area contributed by atoms with Gasteiger partial charge in [0.05, 0.1) is 11.6 Å². The molecule has 1 unspecified atom stereocenters. The zero-order valence-electron chi connectivity index (χ0n) is 13.1. The van der Waals surface area contributed by atoms with Crippen LogP contribution in [0.15, 0.2) is 41.4 Å². The number of nitrogens with zero attached hydrogens (tertiary/aromatic N) is 4. The molecular weight excluding hydrogens is 292 g/mol. The quantitative estimate of drug-likeness (QED) is 0.805. The molecule has 1 aliphatic rings. The smallest absolute Gasteiger partial charge is 0.139 e. The van der Waals surface area contributed by atoms with Crippen molar-refractivity contribution < 1.29 is 9.52 Å². The standard InChI is InChI=1S/C17H20N4O2/c1-20-10-7-19-17(20)15(22)12-3-8-21(9-4-12)16-13-5-11-23-14(13)2-6-18-16/h2,5-7,10-12,15,22H,3-4,8-9H2,1H3. The molecule has 1 saturated heterocycles. The lowest BCUT2D eigenvalue weighted by Gasteiger charge is -2.34. The summed E-state index contributed by atoms with van der Waals surface area (Å²) in [6.45, 7) is 1.76. The van der Waals surface area contributed by atoms with Crippen LogP contribution in [0.1, 0.15) is 24.8 Å². The molecule has 4 rings (SSSR count). The number of fused-ring (bicyclic) bond motifs is 1. The van der Waals surface area contributed by atoms with Crippen LogP contribution in [0.4, 0.5) is 5.82 Å². The minimum Gasteiger partial charge on any atom is -0.464 e. The Morgan fingerprint density at radius 3 is 2.78 bits per heavy atom. The summed E-state index contributed by atoms with van der Waals surface area (Å²) in [7, 11) is 1.92. The minimum atomic E-state index is -0.505. The predicted molar refractivity (Wildman–Crippen MR) is 87.1 cm³/mol. The first kappa shape index (κ1) is 14.3. The normalized spacial score (nSPS) is 17.7. The number of pyridine rings is 1. The van der Waals surface area contributed by atoms with Crippen molar-refractivity contribution >= 4 is 16.8 Å². The van der Waals surface area contributed by atoms with E-state index < -0.39 is 6.10 Å². The van der Waals surface area contributed by atoms with Crippen molar-refractivity contribution in [3.05, 3.63) is 42.8 Å². The van der Waals surface area contributed by atoms with Crippen LogP contribution in [-0.2, 0) is 7.05 Å². The third kappa shape index (κ3) is 2.49. The van der Waals surface area contributed by atoms with Gasteiger partial charge in [0.25, 0.3) is 0 Å². The molecule has 0 amide bonds. The maximum Gasteiger partial charge on any atom is 0.139 e. The van der Waals surface area contributed by atoms with E-state index in [9.17, 15) is 5.11 Å². The van der Waals surface area contributed by atoms with Crippen molar-refractivity contribution in [1.82, 2.24) is 14.5 Å². The Balaban J connectivity index is 1.49. The van der Waals surface area contributed by atoms with E-state index in [0.29, 0.717) is 0 Å². The van der Waals surface area contributed by atoms with Gasteiger partial charge in [0, 0.05) is 38.7 Å². The van der Waals surface area contributed by atoms with Crippen LogP contribution in [0.3, 0.4) is 0 Å². The van der Waals surface area contributed by atoms with Gasteiger partial charge in [-0.05, 0) is 30.9 Å². The molecule has 120 valence electrons. The second kappa shape index (κ2) is 5.70. The lowest BCUT2D eigenvalue weighted by atomic mass is 9.90. The fourth-order valence-electron chi connectivity index (χ4n) is 3.43. The number of aromatic nitrogens is 3. The number of aliphatic hydroxyl groups is 1. The van der Waals surface area contributed by atoms with Crippen LogP contribution in [0.5, 0.6) is 0 Å². The summed E-state index contributed by atoms with van der Waals surface area (Å²) in [4.78, 5) is 11.1. The SMILES string of the molecule is Cn1ccnc1C(O)C1CCN(c2nccc3occc23)CC1. The Morgan fingerprint density at radius 2 is 2.04 bits per heavy atom. The molecule has 3 aromatic rings. The van der Waals surface area contributed by atoms with E-state index in [1.165, 1.54) is 0 Å². The van der Waals surface area contributed by atoms with Crippen molar-refractivity contribution in [1.29, 1.82) is 0 Å². The number of aryl methyl sites for hydroxylation is 1. The van der Waals surface area contributed by atoms with E-state index in [1.54, 1.807) is 18.7 Å². The summed E-state index contributed by atoms with van der Waals surface area (Å²) in [5, 5.41) is 11.6. The monoisotopic (exact) mass is 312 g/mol. The van der Waals surface area contributed by atoms with Crippen molar-refractivity contribution in [3.8, 4) is 0 Å². The fraction of sp³-hybridized carbons (Fsp3) is 0.412. The largest absolute Gasteiger partial charge is 0.464 e. The van der Waals surface area contributed by atoms with E-state index in [-0.39, 0.29) is 5.92 Å². The Labute approximate surface area is 134 Å². The summed E-state index contributed by atoms with van der Waals surface area (Å²) in [5.41, 5.74) is 0.866. The highest BCUT2D eigenvalue weighted by Gasteiger charge is 2.29. The second-order valence-corrected chi connectivity index (χ2v) is 6.13. The van der Waals surface area contributed by atoms with Gasteiger partial charge in [-0.2, -0.15) is 0 Å². The Bertz CT molecular complexity index is 802. The first-order chi connectivity index (χ1) is 11.2. The van der Waals surface area contributed by atoms with E-state index in [1.807, 2.05) is 29.9 Å². The second-order valence-electron chi connectivity index (χ2n) is 6.13. The number of hydrogen-bond acceptors (Lipinski definition) is 5. The van der Waals surface area contributed by atoms with Crippen molar-refractivity contribution in [3.63, 3.8) is 0 Å². The number of aliphatic hydroxyl groups excluding tert-OH is 1. The molecule has 3 aromatic heterocycles. The Hall–Kier alpha value is -2.34. The zero-order chi connectivity index (χ0) is 15.8. The third-order valence-corrected chi connectivity index (χ3v) is 4.77. The highest BCUT2D eigenvalue weighted by Crippen LogP contribution is 2.33. The number of hydrogen-bond donors (Lipinski definition) is 1. The van der Waals surface area contributed by atoms with E-state index in [4.69, 9.17) is 4.42 Å². The number of rotatable bonds is 3. The number of piperidine rings is 1. The first-order valence-electron chi connectivity index (χ1n) is 7.96. The maximum atomic E-state index is 10.6. The number of furan rings is 1. The zero-order valence-corrected chi connectivity index (χ0v) is 13.1. The molecule has 0 radical (unpaired) electrons. The van der Waals surface area contributed by atoms with Gasteiger partial charge in [-0.25, -0.2) is 9.97 Å². The maximum absolute atomic E-state index is 10.6. The highest BCUT2D eigenvalue weighted by molar-refractivity contribution is 5.88. The summed E-state index contributed by atoms with van der Waals surface area (Å²) in [5.74, 6) is 1.95. The van der Waals surface area contributed by atoms with Gasteiger partial charge in [0.1, 0.15) is 23.3 Å². The lowest BCUT2D eigenvalue weighted by molar-refractivity contribution is 0.0824. The van der Waals surface area contributed by atoms with E-state index in [0.717, 1.165) is 48.5 Å². The molecule has 0 spiro atoms. The topological polar surface area (TPSA) is 67.3 Å². The molecule has 23 heavy (non-hydrogen) atoms. The molecule has 1 N–H and O–H groups in total. The summed E-state index contributed by atoms with van der Waals surface area (Å²) in [6.07, 6.45) is 8.43. The lowest BCUT2D eigenvalue weighted by Crippen LogP contribution is -2.36. The molecule has 0 aromatic carbocycles. The van der Waals surface area contributed by atoms with E-state index in [2.05, 4.69) is 14.9 Å². The minimum absolute atomic E-state index is 0.232. The van der Waals surface area contributed by atoms with Crippen LogP contribution in [-0.4, -0.2) is 32.7 Å². The Kier molecular flexibility index (Phi) is 3.53. The fourth-order valence-corrected chi connectivity index (χ4v) is 3.43. The third-order valence-electron chi connectivity index (χ3n) is 4.77.